The summed E-state index contributed by atoms with van der Waals surface area (Å²) in [6.45, 7) is 3.29. The molecule has 0 unspecified atom stereocenters. The molecule has 0 bridgehead atoms. The molecular formula is C23H22BrN5O2S. The summed E-state index contributed by atoms with van der Waals surface area (Å²) in [6.07, 6.45) is 3.08. The normalized spacial score (nSPS) is 11.1. The molecule has 4 aromatic rings. The zero-order valence-electron chi connectivity index (χ0n) is 17.5. The molecule has 2 aromatic carbocycles. The first-order chi connectivity index (χ1) is 15.6. The Hall–Kier alpha value is -2.91. The Bertz CT molecular complexity index is 1300. The predicted molar refractivity (Wildman–Crippen MR) is 130 cm³/mol. The number of hydrogen-bond donors (Lipinski definition) is 1. The molecule has 2 heterocycles. The Kier molecular flexibility index (Phi) is 7.06. The molecule has 7 nitrogen and oxygen atoms in total. The number of carbonyl (C=O) groups excluding carboxylic acids is 1. The zero-order chi connectivity index (χ0) is 22.5. The smallest absolute Gasteiger partial charge is 0.264 e. The highest BCUT2D eigenvalue weighted by molar-refractivity contribution is 9.10. The van der Waals surface area contributed by atoms with Gasteiger partial charge in [-0.3, -0.25) is 14.2 Å². The van der Waals surface area contributed by atoms with Crippen LogP contribution >= 0.6 is 27.7 Å². The molecule has 32 heavy (non-hydrogen) atoms. The maximum absolute atomic E-state index is 12.9. The number of nitrogens with one attached hydrogen (secondary N) is 1. The first-order valence-corrected chi connectivity index (χ1v) is 12.0. The van der Waals surface area contributed by atoms with Crippen molar-refractivity contribution in [1.82, 2.24) is 24.6 Å². The van der Waals surface area contributed by atoms with E-state index in [1.807, 2.05) is 48.5 Å². The van der Waals surface area contributed by atoms with Gasteiger partial charge in [0.1, 0.15) is 11.7 Å². The summed E-state index contributed by atoms with van der Waals surface area (Å²) in [7, 11) is 0. The zero-order valence-corrected chi connectivity index (χ0v) is 19.9. The fourth-order valence-electron chi connectivity index (χ4n) is 3.37. The summed E-state index contributed by atoms with van der Waals surface area (Å²) in [5, 5.41) is 7.71. The van der Waals surface area contributed by atoms with E-state index >= 15 is 0 Å². The standard InChI is InChI=1S/C23H22BrN5O2S/c1-2-32-20-6-4-3-5-18(20)22(30)25-11-12-29-21-19(13-27-29)23(31)28(15-26-21)14-16-7-9-17(24)10-8-16/h3-10,13,15H,2,11-12,14H2,1H3,(H,25,30). The average molecular weight is 512 g/mol. The number of hydrogen-bond acceptors (Lipinski definition) is 5. The van der Waals surface area contributed by atoms with Gasteiger partial charge in [0.05, 0.1) is 24.8 Å². The summed E-state index contributed by atoms with van der Waals surface area (Å²) >= 11 is 5.05. The summed E-state index contributed by atoms with van der Waals surface area (Å²) < 4.78 is 4.21. The topological polar surface area (TPSA) is 81.8 Å². The number of rotatable bonds is 8. The first-order valence-electron chi connectivity index (χ1n) is 10.2. The summed E-state index contributed by atoms with van der Waals surface area (Å²) in [4.78, 5) is 30.9. The second kappa shape index (κ2) is 10.1. The predicted octanol–water partition coefficient (Wildman–Crippen LogP) is 3.95. The number of fused-ring (bicyclic) bond motifs is 1. The van der Waals surface area contributed by atoms with E-state index in [0.29, 0.717) is 36.2 Å². The summed E-state index contributed by atoms with van der Waals surface area (Å²) in [5.74, 6) is 0.775. The van der Waals surface area contributed by atoms with Crippen molar-refractivity contribution in [2.24, 2.45) is 0 Å². The van der Waals surface area contributed by atoms with Crippen LogP contribution in [0, 0.1) is 0 Å². The van der Waals surface area contributed by atoms with E-state index in [4.69, 9.17) is 0 Å². The van der Waals surface area contributed by atoms with Gasteiger partial charge in [0.25, 0.3) is 11.5 Å². The molecule has 0 saturated carbocycles. The monoisotopic (exact) mass is 511 g/mol. The van der Waals surface area contributed by atoms with Gasteiger partial charge in [-0.15, -0.1) is 11.8 Å². The third-order valence-electron chi connectivity index (χ3n) is 4.93. The Morgan fingerprint density at radius 3 is 2.72 bits per heavy atom. The number of carbonyl (C=O) groups is 1. The number of nitrogens with zero attached hydrogens (tertiary/aromatic N) is 4. The summed E-state index contributed by atoms with van der Waals surface area (Å²) in [6, 6.07) is 15.4. The van der Waals surface area contributed by atoms with Crippen molar-refractivity contribution in [1.29, 1.82) is 0 Å². The average Bonchev–Trinajstić information content (AvgIpc) is 3.21. The van der Waals surface area contributed by atoms with E-state index in [-0.39, 0.29) is 11.5 Å². The molecule has 0 saturated heterocycles. The van der Waals surface area contributed by atoms with E-state index in [2.05, 4.69) is 38.3 Å². The van der Waals surface area contributed by atoms with Crippen LogP contribution in [0.4, 0.5) is 0 Å². The van der Waals surface area contributed by atoms with Gasteiger partial charge in [0.15, 0.2) is 5.65 Å². The van der Waals surface area contributed by atoms with Gasteiger partial charge in [0.2, 0.25) is 0 Å². The number of thioether (sulfide) groups is 1. The quantitative estimate of drug-likeness (QED) is 0.362. The maximum Gasteiger partial charge on any atom is 0.264 e. The van der Waals surface area contributed by atoms with Crippen LogP contribution in [0.25, 0.3) is 11.0 Å². The lowest BCUT2D eigenvalue weighted by molar-refractivity contribution is 0.0949. The Morgan fingerprint density at radius 2 is 1.94 bits per heavy atom. The molecule has 4 rings (SSSR count). The largest absolute Gasteiger partial charge is 0.350 e. The maximum atomic E-state index is 12.9. The Balaban J connectivity index is 1.44. The van der Waals surface area contributed by atoms with E-state index in [1.165, 1.54) is 6.20 Å². The van der Waals surface area contributed by atoms with Crippen molar-refractivity contribution in [3.05, 3.63) is 87.0 Å². The molecular weight excluding hydrogens is 490 g/mol. The lowest BCUT2D eigenvalue weighted by atomic mass is 10.2. The van der Waals surface area contributed by atoms with Crippen molar-refractivity contribution < 1.29 is 4.79 Å². The molecule has 164 valence electrons. The van der Waals surface area contributed by atoms with Crippen LogP contribution in [-0.2, 0) is 13.1 Å². The Morgan fingerprint density at radius 1 is 1.16 bits per heavy atom. The van der Waals surface area contributed by atoms with Gasteiger partial charge in [-0.05, 0) is 35.6 Å². The molecule has 2 aromatic heterocycles. The minimum Gasteiger partial charge on any atom is -0.350 e. The van der Waals surface area contributed by atoms with Crippen LogP contribution < -0.4 is 10.9 Å². The molecule has 0 aliphatic heterocycles. The fourth-order valence-corrected chi connectivity index (χ4v) is 4.43. The van der Waals surface area contributed by atoms with Crippen LogP contribution in [0.5, 0.6) is 0 Å². The van der Waals surface area contributed by atoms with E-state index < -0.39 is 0 Å². The number of halogens is 1. The van der Waals surface area contributed by atoms with Crippen molar-refractivity contribution in [3.8, 4) is 0 Å². The summed E-state index contributed by atoms with van der Waals surface area (Å²) in [5.41, 5.74) is 2.05. The molecule has 0 fully saturated rings. The minimum absolute atomic E-state index is 0.122. The van der Waals surface area contributed by atoms with Crippen molar-refractivity contribution in [2.45, 2.75) is 24.9 Å². The van der Waals surface area contributed by atoms with Gasteiger partial charge in [-0.25, -0.2) is 9.67 Å². The highest BCUT2D eigenvalue weighted by Gasteiger charge is 2.13. The highest BCUT2D eigenvalue weighted by atomic mass is 79.9. The van der Waals surface area contributed by atoms with Gasteiger partial charge < -0.3 is 5.32 Å². The van der Waals surface area contributed by atoms with Crippen LogP contribution in [0.2, 0.25) is 0 Å². The molecule has 0 spiro atoms. The highest BCUT2D eigenvalue weighted by Crippen LogP contribution is 2.22. The number of benzene rings is 2. The van der Waals surface area contributed by atoms with Crippen molar-refractivity contribution in [3.63, 3.8) is 0 Å². The minimum atomic E-state index is -0.140. The second-order valence-corrected chi connectivity index (χ2v) is 9.32. The van der Waals surface area contributed by atoms with E-state index in [1.54, 1.807) is 27.3 Å². The lowest BCUT2D eigenvalue weighted by Crippen LogP contribution is -2.28. The molecule has 0 atom stereocenters. The van der Waals surface area contributed by atoms with Crippen LogP contribution in [-0.4, -0.2) is 37.5 Å². The van der Waals surface area contributed by atoms with Crippen molar-refractivity contribution >= 4 is 44.6 Å². The first kappa shape index (κ1) is 22.3. The molecule has 1 N–H and O–H groups in total. The lowest BCUT2D eigenvalue weighted by Gasteiger charge is -2.10. The Labute approximate surface area is 198 Å². The fraction of sp³-hybridized carbons (Fsp3) is 0.217. The van der Waals surface area contributed by atoms with Crippen LogP contribution in [0.15, 0.2) is 75.2 Å². The third kappa shape index (κ3) is 4.94. The third-order valence-corrected chi connectivity index (χ3v) is 6.41. The number of amides is 1. The SMILES string of the molecule is CCSc1ccccc1C(=O)NCCn1ncc2c(=O)n(Cc3ccc(Br)cc3)cnc21. The number of aromatic nitrogens is 4. The molecule has 0 aliphatic rings. The molecule has 1 amide bonds. The van der Waals surface area contributed by atoms with Gasteiger partial charge >= 0.3 is 0 Å². The molecule has 9 heteroatoms. The van der Waals surface area contributed by atoms with Gasteiger partial charge in [0, 0.05) is 15.9 Å². The van der Waals surface area contributed by atoms with Gasteiger partial charge in [-0.1, -0.05) is 47.1 Å². The van der Waals surface area contributed by atoms with E-state index in [9.17, 15) is 9.59 Å². The van der Waals surface area contributed by atoms with Crippen LogP contribution in [0.3, 0.4) is 0 Å². The van der Waals surface area contributed by atoms with Gasteiger partial charge in [-0.2, -0.15) is 5.10 Å². The molecule has 0 aliphatic carbocycles. The molecule has 0 radical (unpaired) electrons. The van der Waals surface area contributed by atoms with Crippen molar-refractivity contribution in [2.75, 3.05) is 12.3 Å². The second-order valence-electron chi connectivity index (χ2n) is 7.09. The van der Waals surface area contributed by atoms with Crippen LogP contribution in [0.1, 0.15) is 22.8 Å². The van der Waals surface area contributed by atoms with E-state index in [0.717, 1.165) is 20.7 Å².